The van der Waals surface area contributed by atoms with Gasteiger partial charge in [-0.3, -0.25) is 12.2 Å². The molecule has 2 rings (SSSR count). The third-order valence-corrected chi connectivity index (χ3v) is 1.17. The van der Waals surface area contributed by atoms with E-state index in [0.29, 0.717) is 0 Å². The number of rotatable bonds is 0. The Morgan fingerprint density at radius 2 is 1.15 bits per heavy atom. The normalized spacial score (nSPS) is 13.5. The number of allylic oxidation sites excluding steroid dienone is 8. The Labute approximate surface area is 108 Å². The predicted molar refractivity (Wildman–Crippen MR) is 43.1 cm³/mol. The van der Waals surface area contributed by atoms with Crippen molar-refractivity contribution in [1.82, 2.24) is 0 Å². The van der Waals surface area contributed by atoms with Gasteiger partial charge in [0.1, 0.15) is 0 Å². The molecule has 0 nitrogen and oxygen atoms in total. The first-order valence-corrected chi connectivity index (χ1v) is 3.43. The third kappa shape index (κ3) is 12.3. The molecule has 0 bridgehead atoms. The zero-order valence-corrected chi connectivity index (χ0v) is 11.8. The van der Waals surface area contributed by atoms with Gasteiger partial charge in [-0.2, -0.15) is 12.2 Å². The van der Waals surface area contributed by atoms with Crippen molar-refractivity contribution >= 4 is 0 Å². The Balaban J connectivity index is -0.000000125. The summed E-state index contributed by atoms with van der Waals surface area (Å²) in [5.74, 6) is 0. The quantitative estimate of drug-likeness (QED) is 0.384. The van der Waals surface area contributed by atoms with E-state index < -0.39 is 0 Å². The topological polar surface area (TPSA) is 0 Å². The van der Waals surface area contributed by atoms with Crippen LogP contribution >= 0.6 is 0 Å². The van der Waals surface area contributed by atoms with Crippen molar-refractivity contribution in [3.8, 4) is 0 Å². The zero-order chi connectivity index (χ0) is 7.07. The van der Waals surface area contributed by atoms with E-state index in [9.17, 15) is 0 Å². The molecule has 0 N–H and O–H groups in total. The summed E-state index contributed by atoms with van der Waals surface area (Å²) < 4.78 is 0. The van der Waals surface area contributed by atoms with Gasteiger partial charge in [0.25, 0.3) is 0 Å². The molecule has 1 radical (unpaired) electrons. The largest absolute Gasteiger partial charge is 2.00 e. The standard InChI is InChI=1S/2C5H5.2ClH.Ta/c2*1-2-4-5-3-1;;;/h2*1-3H,4H2;2*1H;/q2*-1;;;+2/p-2. The molecule has 0 heterocycles. The molecule has 2 aliphatic carbocycles. The molecule has 0 atom stereocenters. The SMILES string of the molecule is [C-]1=CC=CC1.[C-]1=CC=CC1.[Cl-].[Cl-].[Ta+2]. The van der Waals surface area contributed by atoms with E-state index in [0.717, 1.165) is 12.8 Å². The second kappa shape index (κ2) is 14.8. The van der Waals surface area contributed by atoms with Gasteiger partial charge in [0.2, 0.25) is 0 Å². The van der Waals surface area contributed by atoms with Crippen LogP contribution in [0.5, 0.6) is 0 Å². The maximum Gasteiger partial charge on any atom is 2.00 e. The molecule has 0 unspecified atom stereocenters. The van der Waals surface area contributed by atoms with E-state index in [4.69, 9.17) is 0 Å². The Bertz CT molecular complexity index is 151. The maximum atomic E-state index is 2.99. The fourth-order valence-corrected chi connectivity index (χ4v) is 0.680. The molecule has 0 aliphatic heterocycles. The van der Waals surface area contributed by atoms with E-state index in [-0.39, 0.29) is 47.2 Å². The van der Waals surface area contributed by atoms with Crippen molar-refractivity contribution in [2.75, 3.05) is 0 Å². The Morgan fingerprint density at radius 3 is 1.23 bits per heavy atom. The fourth-order valence-electron chi connectivity index (χ4n) is 0.680. The summed E-state index contributed by atoms with van der Waals surface area (Å²) in [5.41, 5.74) is 0. The van der Waals surface area contributed by atoms with Gasteiger partial charge in [0, 0.05) is 0 Å². The summed E-state index contributed by atoms with van der Waals surface area (Å²) in [7, 11) is 0. The average Bonchev–Trinajstić information content (AvgIpc) is 2.67. The van der Waals surface area contributed by atoms with Gasteiger partial charge < -0.3 is 24.8 Å². The van der Waals surface area contributed by atoms with E-state index in [2.05, 4.69) is 24.3 Å². The first kappa shape index (κ1) is 19.0. The van der Waals surface area contributed by atoms with Crippen LogP contribution in [0.3, 0.4) is 0 Å². The molecular formula is C10H10Cl2Ta-2. The van der Waals surface area contributed by atoms with Crippen LogP contribution in [0.2, 0.25) is 0 Å². The van der Waals surface area contributed by atoms with E-state index in [1.807, 2.05) is 24.3 Å². The van der Waals surface area contributed by atoms with Crippen molar-refractivity contribution in [2.45, 2.75) is 12.8 Å². The third-order valence-electron chi connectivity index (χ3n) is 1.17. The van der Waals surface area contributed by atoms with Crippen LogP contribution in [0.1, 0.15) is 12.8 Å². The van der Waals surface area contributed by atoms with E-state index >= 15 is 0 Å². The molecule has 0 saturated carbocycles. The minimum Gasteiger partial charge on any atom is -1.00 e. The van der Waals surface area contributed by atoms with Crippen molar-refractivity contribution in [2.24, 2.45) is 0 Å². The summed E-state index contributed by atoms with van der Waals surface area (Å²) in [5, 5.41) is 0. The number of hydrogen-bond acceptors (Lipinski definition) is 0. The second-order valence-corrected chi connectivity index (χ2v) is 2.01. The monoisotopic (exact) mass is 381 g/mol. The minimum atomic E-state index is 0. The first-order valence-electron chi connectivity index (χ1n) is 3.43. The van der Waals surface area contributed by atoms with Crippen LogP contribution in [-0.4, -0.2) is 0 Å². The molecule has 0 fully saturated rings. The Kier molecular flexibility index (Phi) is 21.6. The Hall–Kier alpha value is 0.280. The van der Waals surface area contributed by atoms with E-state index in [1.165, 1.54) is 0 Å². The molecule has 2 aliphatic rings. The molecule has 0 amide bonds. The van der Waals surface area contributed by atoms with Crippen molar-refractivity contribution in [1.29, 1.82) is 0 Å². The van der Waals surface area contributed by atoms with Gasteiger partial charge in [-0.05, 0) is 0 Å². The smallest absolute Gasteiger partial charge is 1.00 e. The molecule has 71 valence electrons. The average molecular weight is 382 g/mol. The van der Waals surface area contributed by atoms with Gasteiger partial charge in [-0.1, -0.05) is 0 Å². The molecule has 3 heteroatoms. The summed E-state index contributed by atoms with van der Waals surface area (Å²) in [6, 6.07) is 0. The van der Waals surface area contributed by atoms with Gasteiger partial charge >= 0.3 is 22.4 Å². The van der Waals surface area contributed by atoms with Gasteiger partial charge in [0.15, 0.2) is 0 Å². The fraction of sp³-hybridized carbons (Fsp3) is 0.200. The van der Waals surface area contributed by atoms with Crippen molar-refractivity contribution in [3.63, 3.8) is 0 Å². The molecule has 0 saturated heterocycles. The van der Waals surface area contributed by atoms with Crippen LogP contribution in [-0.2, 0) is 22.4 Å². The predicted octanol–water partition coefficient (Wildman–Crippen LogP) is -3.38. The molecule has 0 aromatic heterocycles. The van der Waals surface area contributed by atoms with Gasteiger partial charge in [-0.25, -0.2) is 24.3 Å². The summed E-state index contributed by atoms with van der Waals surface area (Å²) >= 11 is 0. The van der Waals surface area contributed by atoms with Crippen LogP contribution in [0.4, 0.5) is 0 Å². The van der Waals surface area contributed by atoms with Crippen LogP contribution in [0.25, 0.3) is 0 Å². The number of halogens is 2. The first-order chi connectivity index (χ1) is 5.00. The van der Waals surface area contributed by atoms with Crippen molar-refractivity contribution < 1.29 is 47.2 Å². The molecule has 13 heavy (non-hydrogen) atoms. The van der Waals surface area contributed by atoms with Crippen molar-refractivity contribution in [3.05, 3.63) is 48.6 Å². The maximum absolute atomic E-state index is 2.99. The van der Waals surface area contributed by atoms with Gasteiger partial charge in [0.05, 0.1) is 0 Å². The second-order valence-electron chi connectivity index (χ2n) is 2.01. The van der Waals surface area contributed by atoms with Crippen LogP contribution < -0.4 is 24.8 Å². The van der Waals surface area contributed by atoms with Crippen LogP contribution in [0, 0.1) is 12.2 Å². The summed E-state index contributed by atoms with van der Waals surface area (Å²) in [6.45, 7) is 0. The van der Waals surface area contributed by atoms with E-state index in [1.54, 1.807) is 0 Å². The molecule has 0 spiro atoms. The van der Waals surface area contributed by atoms with Gasteiger partial charge in [-0.15, -0.1) is 12.8 Å². The zero-order valence-electron chi connectivity index (χ0n) is 7.08. The Morgan fingerprint density at radius 1 is 0.769 bits per heavy atom. The van der Waals surface area contributed by atoms with Crippen LogP contribution in [0.15, 0.2) is 36.5 Å². The summed E-state index contributed by atoms with van der Waals surface area (Å²) in [6.07, 6.45) is 20.0. The molecule has 0 aromatic rings. The number of hydrogen-bond donors (Lipinski definition) is 0. The summed E-state index contributed by atoms with van der Waals surface area (Å²) in [4.78, 5) is 0. The minimum absolute atomic E-state index is 0. The molecule has 0 aromatic carbocycles. The molecular weight excluding hydrogens is 372 g/mol.